The van der Waals surface area contributed by atoms with Crippen LogP contribution in [0.4, 0.5) is 5.82 Å². The van der Waals surface area contributed by atoms with Crippen LogP contribution in [0, 0.1) is 0 Å². The fraction of sp³-hybridized carbons (Fsp3) is 0.227. The van der Waals surface area contributed by atoms with Crippen molar-refractivity contribution in [2.45, 2.75) is 32.7 Å². The van der Waals surface area contributed by atoms with E-state index in [1.165, 1.54) is 23.8 Å². The number of rotatable bonds is 7. The number of para-hydroxylation sites is 1. The molecule has 0 aliphatic heterocycles. The van der Waals surface area contributed by atoms with Gasteiger partial charge in [0.2, 0.25) is 0 Å². The maximum Gasteiger partial charge on any atom is 0.134 e. The third-order valence-corrected chi connectivity index (χ3v) is 4.08. The topological polar surface area (TPSA) is 24.9 Å². The van der Waals surface area contributed by atoms with E-state index in [2.05, 4.69) is 72.9 Å². The quantitative estimate of drug-likeness (QED) is 0.537. The van der Waals surface area contributed by atoms with Gasteiger partial charge in [-0.3, -0.25) is 0 Å². The molecule has 1 heterocycles. The Hall–Kier alpha value is -2.61. The van der Waals surface area contributed by atoms with Crippen molar-refractivity contribution >= 4 is 22.8 Å². The lowest BCUT2D eigenvalue weighted by atomic mass is 10.1. The highest BCUT2D eigenvalue weighted by Crippen LogP contribution is 2.22. The molecule has 24 heavy (non-hydrogen) atoms. The molecule has 2 heteroatoms. The van der Waals surface area contributed by atoms with E-state index in [0.717, 1.165) is 29.9 Å². The summed E-state index contributed by atoms with van der Waals surface area (Å²) in [6.07, 6.45) is 8.01. The van der Waals surface area contributed by atoms with Crippen LogP contribution in [-0.4, -0.2) is 4.98 Å². The predicted molar refractivity (Wildman–Crippen MR) is 104 cm³/mol. The molecule has 0 radical (unpaired) electrons. The first-order chi connectivity index (χ1) is 11.9. The zero-order valence-corrected chi connectivity index (χ0v) is 14.2. The van der Waals surface area contributed by atoms with E-state index < -0.39 is 0 Å². The summed E-state index contributed by atoms with van der Waals surface area (Å²) in [7, 11) is 0. The minimum absolute atomic E-state index is 0.780. The number of hydrogen-bond donors (Lipinski definition) is 1. The third-order valence-electron chi connectivity index (χ3n) is 4.08. The van der Waals surface area contributed by atoms with Gasteiger partial charge in [-0.15, -0.1) is 0 Å². The van der Waals surface area contributed by atoms with E-state index in [4.69, 9.17) is 4.98 Å². The van der Waals surface area contributed by atoms with Gasteiger partial charge in [0.25, 0.3) is 0 Å². The molecule has 0 atom stereocenters. The summed E-state index contributed by atoms with van der Waals surface area (Å²) in [6.45, 7) is 3.00. The Balaban J connectivity index is 1.86. The van der Waals surface area contributed by atoms with Crippen LogP contribution in [0.15, 0.2) is 66.7 Å². The standard InChI is InChI=1S/C22H24N2/c1-2-3-4-8-14-20-16-19-13-9-10-15-21(19)24-22(20)23-17-18-11-6-5-7-12-18/h5-16H,2-4,17H2,1H3,(H,23,24)/b14-8-. The van der Waals surface area contributed by atoms with Crippen LogP contribution < -0.4 is 5.32 Å². The highest BCUT2D eigenvalue weighted by Gasteiger charge is 2.04. The van der Waals surface area contributed by atoms with Gasteiger partial charge >= 0.3 is 0 Å². The summed E-state index contributed by atoms with van der Waals surface area (Å²) in [5.41, 5.74) is 3.44. The van der Waals surface area contributed by atoms with Gasteiger partial charge in [0.05, 0.1) is 5.52 Å². The molecule has 0 bridgehead atoms. The first-order valence-electron chi connectivity index (χ1n) is 8.71. The van der Waals surface area contributed by atoms with E-state index in [0.29, 0.717) is 0 Å². The largest absolute Gasteiger partial charge is 0.365 e. The van der Waals surface area contributed by atoms with Crippen molar-refractivity contribution < 1.29 is 0 Å². The number of hydrogen-bond acceptors (Lipinski definition) is 2. The number of aromatic nitrogens is 1. The SMILES string of the molecule is CCCC/C=C\c1cc2ccccc2nc1NCc1ccccc1. The van der Waals surface area contributed by atoms with Crippen LogP contribution in [0.1, 0.15) is 37.3 Å². The first kappa shape index (κ1) is 16.3. The fourth-order valence-corrected chi connectivity index (χ4v) is 2.71. The molecule has 3 aromatic rings. The minimum atomic E-state index is 0.780. The van der Waals surface area contributed by atoms with E-state index in [1.807, 2.05) is 12.1 Å². The lowest BCUT2D eigenvalue weighted by molar-refractivity contribution is 0.816. The van der Waals surface area contributed by atoms with Crippen molar-refractivity contribution in [1.29, 1.82) is 0 Å². The van der Waals surface area contributed by atoms with Crippen LogP contribution in [0.2, 0.25) is 0 Å². The number of fused-ring (bicyclic) bond motifs is 1. The van der Waals surface area contributed by atoms with Crippen molar-refractivity contribution in [3.8, 4) is 0 Å². The Kier molecular flexibility index (Phi) is 5.62. The Morgan fingerprint density at radius 3 is 2.62 bits per heavy atom. The van der Waals surface area contributed by atoms with Gasteiger partial charge in [0.1, 0.15) is 5.82 Å². The predicted octanol–water partition coefficient (Wildman–Crippen LogP) is 6.05. The second-order valence-corrected chi connectivity index (χ2v) is 6.00. The zero-order valence-electron chi connectivity index (χ0n) is 14.2. The fourth-order valence-electron chi connectivity index (χ4n) is 2.71. The van der Waals surface area contributed by atoms with Gasteiger partial charge in [0, 0.05) is 17.5 Å². The molecule has 0 aliphatic rings. The van der Waals surface area contributed by atoms with Crippen molar-refractivity contribution in [2.24, 2.45) is 0 Å². The lowest BCUT2D eigenvalue weighted by Gasteiger charge is -2.11. The highest BCUT2D eigenvalue weighted by molar-refractivity contribution is 5.84. The molecule has 0 spiro atoms. The zero-order chi connectivity index (χ0) is 16.6. The lowest BCUT2D eigenvalue weighted by Crippen LogP contribution is -2.03. The van der Waals surface area contributed by atoms with Crippen molar-refractivity contribution in [3.63, 3.8) is 0 Å². The summed E-state index contributed by atoms with van der Waals surface area (Å²) in [6, 6.07) is 20.9. The number of nitrogens with zero attached hydrogens (tertiary/aromatic N) is 1. The van der Waals surface area contributed by atoms with Gasteiger partial charge in [-0.1, -0.05) is 80.4 Å². The first-order valence-corrected chi connectivity index (χ1v) is 8.71. The highest BCUT2D eigenvalue weighted by atomic mass is 15.0. The smallest absolute Gasteiger partial charge is 0.134 e. The average Bonchev–Trinajstić information content (AvgIpc) is 2.64. The summed E-state index contributed by atoms with van der Waals surface area (Å²) in [5.74, 6) is 0.949. The molecule has 0 saturated heterocycles. The van der Waals surface area contributed by atoms with Crippen LogP contribution in [0.25, 0.3) is 17.0 Å². The van der Waals surface area contributed by atoms with E-state index in [-0.39, 0.29) is 0 Å². The molecule has 0 aliphatic carbocycles. The molecule has 1 N–H and O–H groups in total. The molecule has 2 nitrogen and oxygen atoms in total. The summed E-state index contributed by atoms with van der Waals surface area (Å²) < 4.78 is 0. The maximum atomic E-state index is 4.83. The Labute approximate surface area is 144 Å². The molecule has 0 unspecified atom stereocenters. The monoisotopic (exact) mass is 316 g/mol. The maximum absolute atomic E-state index is 4.83. The second kappa shape index (κ2) is 8.30. The van der Waals surface area contributed by atoms with Crippen molar-refractivity contribution in [1.82, 2.24) is 4.98 Å². The van der Waals surface area contributed by atoms with Crippen molar-refractivity contribution in [3.05, 3.63) is 77.9 Å². The molecular weight excluding hydrogens is 292 g/mol. The number of benzene rings is 2. The molecule has 122 valence electrons. The van der Waals surface area contributed by atoms with Gasteiger partial charge in [-0.05, 0) is 24.1 Å². The number of unbranched alkanes of at least 4 members (excludes halogenated alkanes) is 2. The Morgan fingerprint density at radius 2 is 1.79 bits per heavy atom. The van der Waals surface area contributed by atoms with Gasteiger partial charge < -0.3 is 5.32 Å². The van der Waals surface area contributed by atoms with Gasteiger partial charge in [0.15, 0.2) is 0 Å². The number of nitrogens with one attached hydrogen (secondary N) is 1. The molecule has 1 aromatic heterocycles. The number of anilines is 1. The third kappa shape index (κ3) is 4.23. The summed E-state index contributed by atoms with van der Waals surface area (Å²) in [5, 5.41) is 4.68. The number of allylic oxidation sites excluding steroid dienone is 1. The van der Waals surface area contributed by atoms with E-state index in [1.54, 1.807) is 0 Å². The van der Waals surface area contributed by atoms with Crippen molar-refractivity contribution in [2.75, 3.05) is 5.32 Å². The molecule has 0 saturated carbocycles. The Bertz CT molecular complexity index is 807. The minimum Gasteiger partial charge on any atom is -0.365 e. The van der Waals surface area contributed by atoms with E-state index in [9.17, 15) is 0 Å². The molecule has 2 aromatic carbocycles. The van der Waals surface area contributed by atoms with Gasteiger partial charge in [-0.25, -0.2) is 4.98 Å². The normalized spacial score (nSPS) is 11.2. The van der Waals surface area contributed by atoms with Crippen LogP contribution in [-0.2, 0) is 6.54 Å². The summed E-state index contributed by atoms with van der Waals surface area (Å²) >= 11 is 0. The Morgan fingerprint density at radius 1 is 1.00 bits per heavy atom. The van der Waals surface area contributed by atoms with Crippen LogP contribution in [0.5, 0.6) is 0 Å². The van der Waals surface area contributed by atoms with E-state index >= 15 is 0 Å². The second-order valence-electron chi connectivity index (χ2n) is 6.00. The number of pyridine rings is 1. The molecular formula is C22H24N2. The molecule has 0 fully saturated rings. The molecule has 3 rings (SSSR count). The van der Waals surface area contributed by atoms with Crippen LogP contribution in [0.3, 0.4) is 0 Å². The summed E-state index contributed by atoms with van der Waals surface area (Å²) in [4.78, 5) is 4.83. The van der Waals surface area contributed by atoms with Crippen LogP contribution >= 0.6 is 0 Å². The van der Waals surface area contributed by atoms with Gasteiger partial charge in [-0.2, -0.15) is 0 Å². The molecule has 0 amide bonds. The average molecular weight is 316 g/mol.